The molecule has 1 heterocycles. The molecule has 0 aliphatic rings. The second-order valence-electron chi connectivity index (χ2n) is 6.21. The number of nitrogens with one attached hydrogen (secondary N) is 1. The second kappa shape index (κ2) is 8.31. The van der Waals surface area contributed by atoms with Crippen molar-refractivity contribution in [2.75, 3.05) is 5.32 Å². The van der Waals surface area contributed by atoms with Crippen molar-refractivity contribution in [2.24, 2.45) is 0 Å². The number of hydrogen-bond acceptors (Lipinski definition) is 4. The molecular weight excluding hydrogens is 369 g/mol. The molecule has 6 heteroatoms. The van der Waals surface area contributed by atoms with Crippen molar-refractivity contribution >= 4 is 23.7 Å². The summed E-state index contributed by atoms with van der Waals surface area (Å²) in [4.78, 5) is 16.5. The molecule has 0 saturated carbocycles. The Morgan fingerprint density at radius 2 is 1.62 bits per heavy atom. The lowest BCUT2D eigenvalue weighted by Crippen LogP contribution is -2.13. The summed E-state index contributed by atoms with van der Waals surface area (Å²) < 4.78 is 19.0. The first-order valence-electron chi connectivity index (χ1n) is 8.92. The minimum atomic E-state index is -0.565. The van der Waals surface area contributed by atoms with Crippen molar-refractivity contribution in [1.29, 1.82) is 0 Å². The fourth-order valence-electron chi connectivity index (χ4n) is 2.70. The van der Waals surface area contributed by atoms with Gasteiger partial charge in [0, 0.05) is 17.3 Å². The maximum absolute atomic E-state index is 13.7. The van der Waals surface area contributed by atoms with Gasteiger partial charge in [-0.1, -0.05) is 47.6 Å². The maximum atomic E-state index is 13.7. The Morgan fingerprint density at radius 3 is 2.38 bits per heavy atom. The Balaban J connectivity index is 1.44. The standard InChI is InChI=1S/C23H16FN3O2/c24-20-9-5-4-8-19(20)23(28)25-18-13-11-17(12-14-18)22-26-21(29-27-22)15-10-16-6-2-1-3-7-16/h1-15H,(H,25,28)/b15-10+. The van der Waals surface area contributed by atoms with Gasteiger partial charge in [-0.25, -0.2) is 4.39 Å². The third-order valence-corrected chi connectivity index (χ3v) is 4.18. The molecule has 142 valence electrons. The van der Waals surface area contributed by atoms with Crippen LogP contribution in [0.3, 0.4) is 0 Å². The van der Waals surface area contributed by atoms with Crippen LogP contribution in [0.4, 0.5) is 10.1 Å². The number of aromatic nitrogens is 2. The van der Waals surface area contributed by atoms with Crippen molar-refractivity contribution in [2.45, 2.75) is 0 Å². The van der Waals surface area contributed by atoms with Crippen LogP contribution in [0.2, 0.25) is 0 Å². The van der Waals surface area contributed by atoms with E-state index in [1.807, 2.05) is 36.4 Å². The molecule has 0 aliphatic heterocycles. The SMILES string of the molecule is O=C(Nc1ccc(-c2noc(/C=C/c3ccccc3)n2)cc1)c1ccccc1F. The second-order valence-corrected chi connectivity index (χ2v) is 6.21. The van der Waals surface area contributed by atoms with Gasteiger partial charge < -0.3 is 9.84 Å². The van der Waals surface area contributed by atoms with Crippen LogP contribution in [-0.4, -0.2) is 16.0 Å². The summed E-state index contributed by atoms with van der Waals surface area (Å²) in [5, 5.41) is 6.64. The van der Waals surface area contributed by atoms with Crippen LogP contribution >= 0.6 is 0 Å². The fraction of sp³-hybridized carbons (Fsp3) is 0. The number of carbonyl (C=O) groups is 1. The smallest absolute Gasteiger partial charge is 0.258 e. The molecule has 0 bridgehead atoms. The zero-order valence-electron chi connectivity index (χ0n) is 15.2. The van der Waals surface area contributed by atoms with Crippen molar-refractivity contribution in [3.05, 3.63) is 102 Å². The largest absolute Gasteiger partial charge is 0.334 e. The van der Waals surface area contributed by atoms with Crippen LogP contribution in [0.15, 0.2) is 83.4 Å². The van der Waals surface area contributed by atoms with Gasteiger partial charge in [-0.05, 0) is 48.0 Å². The van der Waals surface area contributed by atoms with Crippen molar-refractivity contribution in [1.82, 2.24) is 10.1 Å². The molecule has 0 radical (unpaired) electrons. The molecule has 0 fully saturated rings. The maximum Gasteiger partial charge on any atom is 0.258 e. The lowest BCUT2D eigenvalue weighted by molar-refractivity contribution is 0.102. The Morgan fingerprint density at radius 1 is 0.897 bits per heavy atom. The summed E-state index contributed by atoms with van der Waals surface area (Å²) in [5.74, 6) is -0.251. The van der Waals surface area contributed by atoms with Crippen LogP contribution in [0, 0.1) is 5.82 Å². The summed E-state index contributed by atoms with van der Waals surface area (Å²) in [5.41, 5.74) is 2.29. The molecule has 0 saturated heterocycles. The van der Waals surface area contributed by atoms with E-state index in [0.717, 1.165) is 11.1 Å². The molecular formula is C23H16FN3O2. The average Bonchev–Trinajstić information content (AvgIpc) is 3.23. The zero-order valence-corrected chi connectivity index (χ0v) is 15.2. The van der Waals surface area contributed by atoms with Gasteiger partial charge in [-0.15, -0.1) is 0 Å². The van der Waals surface area contributed by atoms with Gasteiger partial charge in [0.1, 0.15) is 5.82 Å². The van der Waals surface area contributed by atoms with Gasteiger partial charge in [-0.2, -0.15) is 4.98 Å². The molecule has 1 amide bonds. The molecule has 0 spiro atoms. The van der Waals surface area contributed by atoms with Gasteiger partial charge in [0.2, 0.25) is 5.82 Å². The molecule has 3 aromatic carbocycles. The number of anilines is 1. The van der Waals surface area contributed by atoms with E-state index < -0.39 is 11.7 Å². The molecule has 5 nitrogen and oxygen atoms in total. The van der Waals surface area contributed by atoms with E-state index in [9.17, 15) is 9.18 Å². The van der Waals surface area contributed by atoms with Crippen LogP contribution in [-0.2, 0) is 0 Å². The zero-order chi connectivity index (χ0) is 20.1. The number of amides is 1. The first-order chi connectivity index (χ1) is 14.2. The topological polar surface area (TPSA) is 68.0 Å². The Labute approximate surface area is 166 Å². The molecule has 0 unspecified atom stereocenters. The number of halogens is 1. The van der Waals surface area contributed by atoms with Gasteiger partial charge in [-0.3, -0.25) is 4.79 Å². The first-order valence-corrected chi connectivity index (χ1v) is 8.92. The minimum absolute atomic E-state index is 0.00964. The van der Waals surface area contributed by atoms with Crippen LogP contribution in [0.1, 0.15) is 21.8 Å². The molecule has 0 atom stereocenters. The van der Waals surface area contributed by atoms with Crippen LogP contribution in [0.5, 0.6) is 0 Å². The number of hydrogen-bond donors (Lipinski definition) is 1. The predicted molar refractivity (Wildman–Crippen MR) is 109 cm³/mol. The summed E-state index contributed by atoms with van der Waals surface area (Å²) >= 11 is 0. The highest BCUT2D eigenvalue weighted by atomic mass is 19.1. The van der Waals surface area contributed by atoms with E-state index in [4.69, 9.17) is 4.52 Å². The Bertz CT molecular complexity index is 1150. The van der Waals surface area contributed by atoms with Gasteiger partial charge >= 0.3 is 0 Å². The van der Waals surface area contributed by atoms with Crippen molar-refractivity contribution < 1.29 is 13.7 Å². The van der Waals surface area contributed by atoms with E-state index in [0.29, 0.717) is 17.4 Å². The summed E-state index contributed by atoms with van der Waals surface area (Å²) in [6.07, 6.45) is 3.63. The fourth-order valence-corrected chi connectivity index (χ4v) is 2.70. The van der Waals surface area contributed by atoms with E-state index in [1.54, 1.807) is 36.4 Å². The molecule has 29 heavy (non-hydrogen) atoms. The lowest BCUT2D eigenvalue weighted by Gasteiger charge is -2.06. The van der Waals surface area contributed by atoms with E-state index in [-0.39, 0.29) is 5.56 Å². The Hall–Kier alpha value is -4.06. The predicted octanol–water partition coefficient (Wildman–Crippen LogP) is 5.30. The summed E-state index contributed by atoms with van der Waals surface area (Å²) in [6, 6.07) is 22.5. The molecule has 4 rings (SSSR count). The first kappa shape index (κ1) is 18.3. The normalized spacial score (nSPS) is 10.9. The highest BCUT2D eigenvalue weighted by molar-refractivity contribution is 6.04. The van der Waals surface area contributed by atoms with Gasteiger partial charge in [0.05, 0.1) is 5.56 Å². The van der Waals surface area contributed by atoms with Gasteiger partial charge in [0.15, 0.2) is 0 Å². The van der Waals surface area contributed by atoms with Crippen molar-refractivity contribution in [3.63, 3.8) is 0 Å². The highest BCUT2D eigenvalue weighted by Crippen LogP contribution is 2.20. The molecule has 1 N–H and O–H groups in total. The van der Waals surface area contributed by atoms with Crippen molar-refractivity contribution in [3.8, 4) is 11.4 Å². The third-order valence-electron chi connectivity index (χ3n) is 4.18. The highest BCUT2D eigenvalue weighted by Gasteiger charge is 2.12. The lowest BCUT2D eigenvalue weighted by atomic mass is 10.1. The molecule has 4 aromatic rings. The molecule has 0 aliphatic carbocycles. The number of carbonyl (C=O) groups excluding carboxylic acids is 1. The van der Waals surface area contributed by atoms with Crippen LogP contribution < -0.4 is 5.32 Å². The summed E-state index contributed by atoms with van der Waals surface area (Å²) in [7, 11) is 0. The third kappa shape index (κ3) is 4.44. The summed E-state index contributed by atoms with van der Waals surface area (Å²) in [6.45, 7) is 0. The average molecular weight is 385 g/mol. The van der Waals surface area contributed by atoms with Crippen LogP contribution in [0.25, 0.3) is 23.5 Å². The van der Waals surface area contributed by atoms with E-state index in [2.05, 4.69) is 15.5 Å². The van der Waals surface area contributed by atoms with E-state index >= 15 is 0 Å². The number of rotatable bonds is 5. The number of nitrogens with zero attached hydrogens (tertiary/aromatic N) is 2. The monoisotopic (exact) mass is 385 g/mol. The Kier molecular flexibility index (Phi) is 5.25. The number of benzene rings is 3. The van der Waals surface area contributed by atoms with Gasteiger partial charge in [0.25, 0.3) is 11.8 Å². The minimum Gasteiger partial charge on any atom is -0.334 e. The molecule has 1 aromatic heterocycles. The quantitative estimate of drug-likeness (QED) is 0.506. The van der Waals surface area contributed by atoms with E-state index in [1.165, 1.54) is 18.2 Å².